The highest BCUT2D eigenvalue weighted by Gasteiger charge is 1.81. The Morgan fingerprint density at radius 3 is 2.22 bits per heavy atom. The van der Waals surface area contributed by atoms with E-state index < -0.39 is 0 Å². The van der Waals surface area contributed by atoms with Crippen LogP contribution in [0.3, 0.4) is 0 Å². The molecule has 3 N–H and O–H groups in total. The summed E-state index contributed by atoms with van der Waals surface area (Å²) in [4.78, 5) is 7.50. The van der Waals surface area contributed by atoms with Crippen LogP contribution in [0.2, 0.25) is 0 Å². The molecule has 0 saturated carbocycles. The molecule has 0 aromatic carbocycles. The van der Waals surface area contributed by atoms with Crippen molar-refractivity contribution >= 4 is 18.4 Å². The van der Waals surface area contributed by atoms with Crippen molar-refractivity contribution in [2.24, 2.45) is 5.84 Å². The maximum Gasteiger partial charge on any atom is 0.237 e. The van der Waals surface area contributed by atoms with Crippen LogP contribution in [0.4, 0.5) is 5.95 Å². The second-order valence-electron chi connectivity index (χ2n) is 1.22. The molecule has 0 amide bonds. The predicted molar refractivity (Wildman–Crippen MR) is 37.1 cm³/mol. The second-order valence-corrected chi connectivity index (χ2v) is 1.22. The predicted octanol–water partition coefficient (Wildman–Crippen LogP) is 0.184. The molecule has 0 aliphatic heterocycles. The van der Waals surface area contributed by atoms with Crippen LogP contribution in [0.15, 0.2) is 18.5 Å². The van der Waals surface area contributed by atoms with Gasteiger partial charge in [-0.05, 0) is 6.07 Å². The van der Waals surface area contributed by atoms with Gasteiger partial charge >= 0.3 is 0 Å². The molecule has 0 atom stereocenters. The molecule has 0 aliphatic carbocycles. The fourth-order valence-corrected chi connectivity index (χ4v) is 0.374. The van der Waals surface area contributed by atoms with E-state index in [-0.39, 0.29) is 12.4 Å². The molecule has 1 rings (SSSR count). The summed E-state index contributed by atoms with van der Waals surface area (Å²) in [7, 11) is 0. The van der Waals surface area contributed by atoms with Crippen molar-refractivity contribution in [3.8, 4) is 0 Å². The number of nitrogens with one attached hydrogen (secondary N) is 1. The number of hydrogen-bond donors (Lipinski definition) is 2. The van der Waals surface area contributed by atoms with E-state index in [1.807, 2.05) is 0 Å². The van der Waals surface area contributed by atoms with Crippen molar-refractivity contribution in [3.63, 3.8) is 0 Å². The van der Waals surface area contributed by atoms with E-state index in [0.717, 1.165) is 0 Å². The van der Waals surface area contributed by atoms with E-state index in [0.29, 0.717) is 5.95 Å². The number of aromatic nitrogens is 2. The summed E-state index contributed by atoms with van der Waals surface area (Å²) < 4.78 is 0. The van der Waals surface area contributed by atoms with Crippen LogP contribution in [0, 0.1) is 0 Å². The smallest absolute Gasteiger partial charge is 0.237 e. The van der Waals surface area contributed by atoms with Crippen LogP contribution in [0.1, 0.15) is 0 Å². The van der Waals surface area contributed by atoms with Gasteiger partial charge in [0, 0.05) is 12.4 Å². The van der Waals surface area contributed by atoms with Gasteiger partial charge in [-0.1, -0.05) is 0 Å². The zero-order valence-corrected chi connectivity index (χ0v) is 5.43. The Bertz CT molecular complexity index is 154. The molecule has 1 aromatic heterocycles. The van der Waals surface area contributed by atoms with Crippen molar-refractivity contribution in [2.75, 3.05) is 5.43 Å². The average Bonchev–Trinajstić information content (AvgIpc) is 1.90. The summed E-state index contributed by atoms with van der Waals surface area (Å²) in [6.45, 7) is 0. The number of rotatable bonds is 1. The Hall–Kier alpha value is -0.870. The molecular formula is C4H7ClN4. The quantitative estimate of drug-likeness (QED) is 0.439. The molecule has 0 spiro atoms. The van der Waals surface area contributed by atoms with E-state index in [9.17, 15) is 0 Å². The number of nitrogen functional groups attached to an aromatic ring is 1. The van der Waals surface area contributed by atoms with Crippen LogP contribution in [0.25, 0.3) is 0 Å². The highest BCUT2D eigenvalue weighted by atomic mass is 35.5. The molecule has 0 aliphatic rings. The molecule has 9 heavy (non-hydrogen) atoms. The van der Waals surface area contributed by atoms with Crippen LogP contribution in [0.5, 0.6) is 0 Å². The summed E-state index contributed by atoms with van der Waals surface area (Å²) in [6.07, 6.45) is 3.23. The van der Waals surface area contributed by atoms with Gasteiger partial charge in [0.25, 0.3) is 0 Å². The zero-order chi connectivity index (χ0) is 5.82. The Labute approximate surface area is 58.9 Å². The molecular weight excluding hydrogens is 140 g/mol. The Morgan fingerprint density at radius 1 is 1.33 bits per heavy atom. The lowest BCUT2D eigenvalue weighted by Gasteiger charge is -1.91. The van der Waals surface area contributed by atoms with Gasteiger partial charge in [0.15, 0.2) is 0 Å². The fourth-order valence-electron chi connectivity index (χ4n) is 0.374. The highest BCUT2D eigenvalue weighted by Crippen LogP contribution is 1.87. The monoisotopic (exact) mass is 146 g/mol. The number of hydrogen-bond acceptors (Lipinski definition) is 4. The third kappa shape index (κ3) is 2.25. The van der Waals surface area contributed by atoms with Crippen molar-refractivity contribution in [2.45, 2.75) is 0 Å². The molecule has 1 aromatic rings. The minimum absolute atomic E-state index is 0. The standard InChI is InChI=1S/C4H6N4.ClH/c5-8-4-6-2-1-3-7-4;/h1-3H,5H2,(H,6,7,8);1H. The third-order valence-electron chi connectivity index (χ3n) is 0.695. The number of halogens is 1. The molecule has 0 fully saturated rings. The minimum atomic E-state index is 0. The van der Waals surface area contributed by atoms with Crippen LogP contribution in [-0.2, 0) is 0 Å². The van der Waals surface area contributed by atoms with Gasteiger partial charge in [0.05, 0.1) is 0 Å². The van der Waals surface area contributed by atoms with Crippen molar-refractivity contribution in [1.29, 1.82) is 0 Å². The highest BCUT2D eigenvalue weighted by molar-refractivity contribution is 5.85. The summed E-state index contributed by atoms with van der Waals surface area (Å²) in [5, 5.41) is 0. The fraction of sp³-hybridized carbons (Fsp3) is 0. The first-order valence-electron chi connectivity index (χ1n) is 2.17. The van der Waals surface area contributed by atoms with Crippen molar-refractivity contribution in [1.82, 2.24) is 9.97 Å². The maximum absolute atomic E-state index is 4.97. The van der Waals surface area contributed by atoms with E-state index in [1.165, 1.54) is 0 Å². The lowest BCUT2D eigenvalue weighted by molar-refractivity contribution is 1.12. The third-order valence-corrected chi connectivity index (χ3v) is 0.695. The van der Waals surface area contributed by atoms with E-state index >= 15 is 0 Å². The first-order chi connectivity index (χ1) is 3.93. The van der Waals surface area contributed by atoms with E-state index in [2.05, 4.69) is 15.4 Å². The number of hydrazine groups is 1. The van der Waals surface area contributed by atoms with Gasteiger partial charge in [-0.3, -0.25) is 5.43 Å². The topological polar surface area (TPSA) is 63.8 Å². The maximum atomic E-state index is 4.97. The summed E-state index contributed by atoms with van der Waals surface area (Å²) >= 11 is 0. The molecule has 50 valence electrons. The van der Waals surface area contributed by atoms with Crippen LogP contribution >= 0.6 is 12.4 Å². The molecule has 5 heteroatoms. The van der Waals surface area contributed by atoms with Crippen LogP contribution in [-0.4, -0.2) is 9.97 Å². The van der Waals surface area contributed by atoms with Gasteiger partial charge in [0.2, 0.25) is 5.95 Å². The van der Waals surface area contributed by atoms with Gasteiger partial charge < -0.3 is 0 Å². The Morgan fingerprint density at radius 2 is 1.89 bits per heavy atom. The zero-order valence-electron chi connectivity index (χ0n) is 4.61. The summed E-state index contributed by atoms with van der Waals surface area (Å²) in [6, 6.07) is 1.72. The SMILES string of the molecule is Cl.NNc1ncccn1. The Kier molecular flexibility index (Phi) is 3.66. The first-order valence-corrected chi connectivity index (χ1v) is 2.17. The molecule has 1 heterocycles. The Balaban J connectivity index is 0.000000640. The summed E-state index contributed by atoms with van der Waals surface area (Å²) in [5.41, 5.74) is 2.30. The minimum Gasteiger partial charge on any atom is -0.292 e. The normalized spacial score (nSPS) is 7.67. The van der Waals surface area contributed by atoms with Gasteiger partial charge in [-0.2, -0.15) is 0 Å². The van der Waals surface area contributed by atoms with E-state index in [4.69, 9.17) is 5.84 Å². The van der Waals surface area contributed by atoms with Crippen LogP contribution < -0.4 is 11.3 Å². The number of nitrogens with two attached hydrogens (primary N) is 1. The number of anilines is 1. The van der Waals surface area contributed by atoms with Crippen molar-refractivity contribution in [3.05, 3.63) is 18.5 Å². The lowest BCUT2D eigenvalue weighted by Crippen LogP contribution is -2.09. The largest absolute Gasteiger partial charge is 0.292 e. The van der Waals surface area contributed by atoms with Crippen molar-refractivity contribution < 1.29 is 0 Å². The molecule has 0 bridgehead atoms. The lowest BCUT2D eigenvalue weighted by atomic mass is 10.7. The van der Waals surface area contributed by atoms with Gasteiger partial charge in [-0.25, -0.2) is 15.8 Å². The molecule has 4 nitrogen and oxygen atoms in total. The van der Waals surface area contributed by atoms with E-state index in [1.54, 1.807) is 18.5 Å². The number of nitrogens with zero attached hydrogens (tertiary/aromatic N) is 2. The van der Waals surface area contributed by atoms with Gasteiger partial charge in [-0.15, -0.1) is 12.4 Å². The molecule has 0 radical (unpaired) electrons. The first kappa shape index (κ1) is 8.13. The van der Waals surface area contributed by atoms with Gasteiger partial charge in [0.1, 0.15) is 0 Å². The molecule has 0 unspecified atom stereocenters. The summed E-state index contributed by atoms with van der Waals surface area (Å²) in [5.74, 6) is 5.41. The second kappa shape index (κ2) is 4.05. The molecule has 0 saturated heterocycles. The average molecular weight is 147 g/mol.